The number of non-ortho nitro benzene ring substituents is 1. The summed E-state index contributed by atoms with van der Waals surface area (Å²) in [4.78, 5) is 24.7. The molecule has 2 N–H and O–H groups in total. The van der Waals surface area contributed by atoms with Gasteiger partial charge in [0, 0.05) is 25.2 Å². The Hall–Kier alpha value is -2.44. The fourth-order valence-electron chi connectivity index (χ4n) is 2.45. The number of carbonyl (C=O) groups excluding carboxylic acids is 1. The van der Waals surface area contributed by atoms with Crippen LogP contribution in [0.4, 0.5) is 5.69 Å². The highest BCUT2D eigenvalue weighted by atomic mass is 35.5. The summed E-state index contributed by atoms with van der Waals surface area (Å²) in [6.45, 7) is 1.54. The fraction of sp³-hybridized carbons (Fsp3) is 0.278. The topological polar surface area (TPSA) is 89.5 Å². The number of hydrogen-bond acceptors (Lipinski definition) is 4. The minimum atomic E-state index is -0.513. The van der Waals surface area contributed by atoms with Crippen molar-refractivity contribution in [1.82, 2.24) is 4.90 Å². The summed E-state index contributed by atoms with van der Waals surface area (Å²) in [6, 6.07) is 13.8. The molecule has 6 nitrogen and oxygen atoms in total. The van der Waals surface area contributed by atoms with E-state index in [-0.39, 0.29) is 23.0 Å². The van der Waals surface area contributed by atoms with Gasteiger partial charge in [-0.25, -0.2) is 0 Å². The molecule has 0 saturated heterocycles. The van der Waals surface area contributed by atoms with Gasteiger partial charge in [-0.3, -0.25) is 14.9 Å². The zero-order valence-corrected chi connectivity index (χ0v) is 14.5. The van der Waals surface area contributed by atoms with Crippen molar-refractivity contribution in [2.75, 3.05) is 13.1 Å². The largest absolute Gasteiger partial charge is 0.338 e. The first-order valence-electron chi connectivity index (χ1n) is 7.96. The summed E-state index contributed by atoms with van der Waals surface area (Å²) < 4.78 is 0. The lowest BCUT2D eigenvalue weighted by molar-refractivity contribution is -0.384. The van der Waals surface area contributed by atoms with Gasteiger partial charge in [0.05, 0.1) is 16.4 Å². The molecule has 0 radical (unpaired) electrons. The van der Waals surface area contributed by atoms with Gasteiger partial charge in [0.2, 0.25) is 5.91 Å². The van der Waals surface area contributed by atoms with Gasteiger partial charge in [-0.1, -0.05) is 48.0 Å². The third kappa shape index (κ3) is 5.55. The molecule has 0 aliphatic carbocycles. The van der Waals surface area contributed by atoms with Crippen LogP contribution in [0.2, 0.25) is 5.02 Å². The third-order valence-corrected chi connectivity index (χ3v) is 4.14. The highest BCUT2D eigenvalue weighted by molar-refractivity contribution is 6.31. The number of amides is 1. The lowest BCUT2D eigenvalue weighted by atomic mass is 10.1. The van der Waals surface area contributed by atoms with Gasteiger partial charge < -0.3 is 10.6 Å². The molecule has 25 heavy (non-hydrogen) atoms. The third-order valence-electron chi connectivity index (χ3n) is 3.79. The van der Waals surface area contributed by atoms with Crippen LogP contribution >= 0.6 is 11.6 Å². The Bertz CT molecular complexity index is 738. The van der Waals surface area contributed by atoms with Crippen LogP contribution in [-0.4, -0.2) is 28.8 Å². The smallest absolute Gasteiger partial charge is 0.270 e. The average molecular weight is 362 g/mol. The first kappa shape index (κ1) is 18.9. The molecule has 2 aromatic rings. The van der Waals surface area contributed by atoms with E-state index in [9.17, 15) is 14.9 Å². The minimum Gasteiger partial charge on any atom is -0.338 e. The molecule has 132 valence electrons. The van der Waals surface area contributed by atoms with Crippen molar-refractivity contribution in [3.05, 3.63) is 74.8 Å². The molecule has 0 saturated carbocycles. The van der Waals surface area contributed by atoms with E-state index in [1.54, 1.807) is 4.90 Å². The van der Waals surface area contributed by atoms with E-state index >= 15 is 0 Å². The normalized spacial score (nSPS) is 10.5. The number of nitrogens with two attached hydrogens (primary N) is 1. The Kier molecular flexibility index (Phi) is 6.91. The maximum atomic E-state index is 12.7. The molecular formula is C18H20ClN3O3. The zero-order valence-electron chi connectivity index (χ0n) is 13.7. The van der Waals surface area contributed by atoms with Crippen LogP contribution in [0.5, 0.6) is 0 Å². The van der Waals surface area contributed by atoms with E-state index in [2.05, 4.69) is 0 Å². The number of rotatable bonds is 8. The van der Waals surface area contributed by atoms with Crippen LogP contribution in [0.1, 0.15) is 17.5 Å². The maximum absolute atomic E-state index is 12.7. The molecule has 0 spiro atoms. The van der Waals surface area contributed by atoms with Gasteiger partial charge in [0.15, 0.2) is 0 Å². The molecule has 0 unspecified atom stereocenters. The quantitative estimate of drug-likeness (QED) is 0.577. The number of nitro groups is 1. The van der Waals surface area contributed by atoms with E-state index in [4.69, 9.17) is 17.3 Å². The van der Waals surface area contributed by atoms with Crippen molar-refractivity contribution >= 4 is 23.2 Å². The Morgan fingerprint density at radius 2 is 1.92 bits per heavy atom. The number of nitrogens with zero attached hydrogens (tertiary/aromatic N) is 2. The second-order valence-electron chi connectivity index (χ2n) is 5.65. The molecular weight excluding hydrogens is 342 g/mol. The van der Waals surface area contributed by atoms with Crippen molar-refractivity contribution in [3.8, 4) is 0 Å². The summed E-state index contributed by atoms with van der Waals surface area (Å²) in [7, 11) is 0. The van der Waals surface area contributed by atoms with Gasteiger partial charge >= 0.3 is 0 Å². The van der Waals surface area contributed by atoms with Crippen LogP contribution in [0.25, 0.3) is 0 Å². The first-order chi connectivity index (χ1) is 12.0. The van der Waals surface area contributed by atoms with Crippen molar-refractivity contribution < 1.29 is 9.72 Å². The van der Waals surface area contributed by atoms with E-state index in [1.807, 2.05) is 30.3 Å². The number of benzene rings is 2. The molecule has 0 aliphatic rings. The van der Waals surface area contributed by atoms with Crippen LogP contribution in [0, 0.1) is 10.1 Å². The van der Waals surface area contributed by atoms with Gasteiger partial charge in [-0.2, -0.15) is 0 Å². The summed E-state index contributed by atoms with van der Waals surface area (Å²) in [6.07, 6.45) is 0.792. The van der Waals surface area contributed by atoms with Crippen molar-refractivity contribution in [3.63, 3.8) is 0 Å². The number of nitro benzene ring substituents is 1. The predicted octanol–water partition coefficient (Wildman–Crippen LogP) is 3.17. The monoisotopic (exact) mass is 361 g/mol. The van der Waals surface area contributed by atoms with Crippen LogP contribution in [0.15, 0.2) is 48.5 Å². The lowest BCUT2D eigenvalue weighted by Gasteiger charge is -2.23. The summed E-state index contributed by atoms with van der Waals surface area (Å²) in [5, 5.41) is 11.0. The van der Waals surface area contributed by atoms with E-state index in [0.717, 1.165) is 5.56 Å². The van der Waals surface area contributed by atoms with Crippen LogP contribution in [0.3, 0.4) is 0 Å². The Labute approximate surface area is 151 Å². The summed E-state index contributed by atoms with van der Waals surface area (Å²) >= 11 is 6.09. The first-order valence-corrected chi connectivity index (χ1v) is 8.33. The molecule has 2 aromatic carbocycles. The Morgan fingerprint density at radius 3 is 2.52 bits per heavy atom. The van der Waals surface area contributed by atoms with E-state index in [1.165, 1.54) is 18.2 Å². The number of carbonyl (C=O) groups is 1. The molecule has 0 aromatic heterocycles. The minimum absolute atomic E-state index is 0.0898. The van der Waals surface area contributed by atoms with E-state index in [0.29, 0.717) is 31.6 Å². The molecule has 0 atom stereocenters. The average Bonchev–Trinajstić information content (AvgIpc) is 2.60. The molecule has 0 bridgehead atoms. The Morgan fingerprint density at radius 1 is 1.20 bits per heavy atom. The highest BCUT2D eigenvalue weighted by Crippen LogP contribution is 2.23. The van der Waals surface area contributed by atoms with Gasteiger partial charge in [-0.15, -0.1) is 0 Å². The lowest BCUT2D eigenvalue weighted by Crippen LogP contribution is -2.33. The second-order valence-corrected chi connectivity index (χ2v) is 6.06. The molecule has 7 heteroatoms. The van der Waals surface area contributed by atoms with Crippen molar-refractivity contribution in [2.45, 2.75) is 19.4 Å². The van der Waals surface area contributed by atoms with Gasteiger partial charge in [0.25, 0.3) is 5.69 Å². The SMILES string of the molecule is NCCCN(Cc1ccccc1)C(=O)Cc1ccc([N+](=O)[O-])cc1Cl. The van der Waals surface area contributed by atoms with Gasteiger partial charge in [0.1, 0.15) is 0 Å². The van der Waals surface area contributed by atoms with Crippen LogP contribution < -0.4 is 5.73 Å². The number of halogens is 1. The highest BCUT2D eigenvalue weighted by Gasteiger charge is 2.17. The maximum Gasteiger partial charge on any atom is 0.270 e. The molecule has 0 fully saturated rings. The standard InChI is InChI=1S/C18H20ClN3O3/c19-17-12-16(22(24)25)8-7-15(17)11-18(23)21(10-4-9-20)13-14-5-2-1-3-6-14/h1-3,5-8,12H,4,9-11,13,20H2. The van der Waals surface area contributed by atoms with Crippen molar-refractivity contribution in [1.29, 1.82) is 0 Å². The summed E-state index contributed by atoms with van der Waals surface area (Å²) in [5.41, 5.74) is 7.08. The fourth-order valence-corrected chi connectivity index (χ4v) is 2.69. The summed E-state index contributed by atoms with van der Waals surface area (Å²) in [5.74, 6) is -0.0898. The van der Waals surface area contributed by atoms with Gasteiger partial charge in [-0.05, 0) is 24.1 Å². The molecule has 2 rings (SSSR count). The number of hydrogen-bond donors (Lipinski definition) is 1. The van der Waals surface area contributed by atoms with Crippen LogP contribution in [-0.2, 0) is 17.8 Å². The molecule has 1 amide bonds. The predicted molar refractivity (Wildman–Crippen MR) is 97.3 cm³/mol. The van der Waals surface area contributed by atoms with E-state index < -0.39 is 4.92 Å². The second kappa shape index (κ2) is 9.15. The Balaban J connectivity index is 2.12. The van der Waals surface area contributed by atoms with Crippen molar-refractivity contribution in [2.24, 2.45) is 5.73 Å². The zero-order chi connectivity index (χ0) is 18.2. The molecule has 0 heterocycles. The molecule has 0 aliphatic heterocycles.